The summed E-state index contributed by atoms with van der Waals surface area (Å²) >= 11 is 5.16. The molecule has 17 heavy (non-hydrogen) atoms. The highest BCUT2D eigenvalue weighted by atomic mass is 79.9. The molecule has 1 heterocycles. The largest absolute Gasteiger partial charge is 0.353 e. The lowest BCUT2D eigenvalue weighted by Crippen LogP contribution is -2.39. The van der Waals surface area contributed by atoms with Crippen LogP contribution in [0.25, 0.3) is 0 Å². The first-order valence-corrected chi connectivity index (χ1v) is 7.38. The van der Waals surface area contributed by atoms with Crippen molar-refractivity contribution in [2.45, 2.75) is 33.4 Å². The van der Waals surface area contributed by atoms with E-state index in [2.05, 4.69) is 39.1 Å². The minimum absolute atomic E-state index is 0.0949. The van der Waals surface area contributed by atoms with E-state index in [0.29, 0.717) is 6.54 Å². The van der Waals surface area contributed by atoms with E-state index in [-0.39, 0.29) is 11.9 Å². The van der Waals surface area contributed by atoms with Crippen molar-refractivity contribution in [1.29, 1.82) is 0 Å². The molecule has 1 aromatic rings. The minimum atomic E-state index is 0.0949. The van der Waals surface area contributed by atoms with Crippen molar-refractivity contribution in [2.24, 2.45) is 0 Å². The van der Waals surface area contributed by atoms with Crippen molar-refractivity contribution in [3.8, 4) is 0 Å². The van der Waals surface area contributed by atoms with Crippen LogP contribution in [0.1, 0.15) is 25.6 Å². The molecule has 0 bridgehead atoms. The van der Waals surface area contributed by atoms with E-state index in [0.717, 1.165) is 16.9 Å². The summed E-state index contributed by atoms with van der Waals surface area (Å²) in [5.41, 5.74) is 0. The zero-order valence-electron chi connectivity index (χ0n) is 10.5. The van der Waals surface area contributed by atoms with E-state index in [4.69, 9.17) is 0 Å². The molecule has 0 radical (unpaired) electrons. The molecular weight excluding hydrogens is 300 g/mol. The van der Waals surface area contributed by atoms with Gasteiger partial charge in [-0.05, 0) is 48.5 Å². The van der Waals surface area contributed by atoms with Crippen LogP contribution in [0, 0.1) is 0 Å². The molecule has 0 unspecified atom stereocenters. The van der Waals surface area contributed by atoms with Crippen LogP contribution in [0.3, 0.4) is 0 Å². The van der Waals surface area contributed by atoms with Gasteiger partial charge in [-0.15, -0.1) is 11.3 Å². The number of nitrogens with zero attached hydrogens (tertiary/aromatic N) is 1. The van der Waals surface area contributed by atoms with Crippen LogP contribution in [0.4, 0.5) is 0 Å². The number of thiophene rings is 1. The summed E-state index contributed by atoms with van der Waals surface area (Å²) in [6.07, 6.45) is 0. The van der Waals surface area contributed by atoms with Gasteiger partial charge >= 0.3 is 0 Å². The Bertz CT molecular complexity index is 365. The van der Waals surface area contributed by atoms with Crippen LogP contribution in [0.2, 0.25) is 0 Å². The minimum Gasteiger partial charge on any atom is -0.353 e. The van der Waals surface area contributed by atoms with E-state index in [1.807, 2.05) is 19.9 Å². The Balaban J connectivity index is 2.46. The number of nitrogens with one attached hydrogen (secondary N) is 1. The molecule has 0 aliphatic heterocycles. The third-order valence-electron chi connectivity index (χ3n) is 2.27. The van der Waals surface area contributed by atoms with Crippen LogP contribution in [0.5, 0.6) is 0 Å². The molecule has 0 aromatic carbocycles. The van der Waals surface area contributed by atoms with E-state index >= 15 is 0 Å². The van der Waals surface area contributed by atoms with Gasteiger partial charge in [-0.3, -0.25) is 9.69 Å². The first kappa shape index (κ1) is 14.7. The monoisotopic (exact) mass is 318 g/mol. The van der Waals surface area contributed by atoms with Crippen LogP contribution in [-0.4, -0.2) is 29.9 Å². The summed E-state index contributed by atoms with van der Waals surface area (Å²) in [5.74, 6) is 0.0949. The summed E-state index contributed by atoms with van der Waals surface area (Å²) in [6.45, 7) is 8.20. The zero-order valence-corrected chi connectivity index (χ0v) is 12.9. The second-order valence-corrected chi connectivity index (χ2v) is 6.78. The number of likely N-dealkylation sites (N-methyl/N-ethyl adjacent to an activating group) is 1. The molecule has 0 spiro atoms. The molecule has 1 aromatic heterocycles. The Kier molecular flexibility index (Phi) is 6.16. The average molecular weight is 319 g/mol. The highest BCUT2D eigenvalue weighted by Crippen LogP contribution is 2.23. The molecule has 1 rings (SSSR count). The molecule has 0 aliphatic carbocycles. The van der Waals surface area contributed by atoms with Crippen molar-refractivity contribution in [3.05, 3.63) is 20.8 Å². The molecule has 1 N–H and O–H groups in total. The number of amides is 1. The quantitative estimate of drug-likeness (QED) is 0.874. The molecule has 0 atom stereocenters. The summed E-state index contributed by atoms with van der Waals surface area (Å²) in [6, 6.07) is 4.34. The van der Waals surface area contributed by atoms with Crippen molar-refractivity contribution in [2.75, 3.05) is 13.1 Å². The van der Waals surface area contributed by atoms with Crippen LogP contribution >= 0.6 is 27.3 Å². The van der Waals surface area contributed by atoms with Crippen LogP contribution in [0.15, 0.2) is 15.9 Å². The molecule has 5 heteroatoms. The van der Waals surface area contributed by atoms with Gasteiger partial charge in [0.2, 0.25) is 5.91 Å². The fraction of sp³-hybridized carbons (Fsp3) is 0.583. The second-order valence-electron chi connectivity index (χ2n) is 4.23. The van der Waals surface area contributed by atoms with Gasteiger partial charge in [0.15, 0.2) is 0 Å². The second kappa shape index (κ2) is 7.13. The Morgan fingerprint density at radius 3 is 2.71 bits per heavy atom. The lowest BCUT2D eigenvalue weighted by molar-refractivity contribution is -0.122. The number of hydrogen-bond acceptors (Lipinski definition) is 3. The highest BCUT2D eigenvalue weighted by Gasteiger charge is 2.11. The maximum atomic E-state index is 11.7. The van der Waals surface area contributed by atoms with Crippen molar-refractivity contribution in [3.63, 3.8) is 0 Å². The van der Waals surface area contributed by atoms with Gasteiger partial charge in [0.25, 0.3) is 0 Å². The highest BCUT2D eigenvalue weighted by molar-refractivity contribution is 9.11. The van der Waals surface area contributed by atoms with Crippen LogP contribution in [-0.2, 0) is 11.3 Å². The molecule has 0 saturated carbocycles. The Hall–Kier alpha value is -0.390. The van der Waals surface area contributed by atoms with Crippen molar-refractivity contribution < 1.29 is 4.79 Å². The van der Waals surface area contributed by atoms with Crippen molar-refractivity contribution in [1.82, 2.24) is 10.2 Å². The standard InChI is InChI=1S/C12H19BrN2OS/c1-4-15(8-12(16)14-9(2)3)7-10-5-6-11(13)17-10/h5-6,9H,4,7-8H2,1-3H3,(H,14,16). The SMILES string of the molecule is CCN(CC(=O)NC(C)C)Cc1ccc(Br)s1. The van der Waals surface area contributed by atoms with Crippen molar-refractivity contribution >= 4 is 33.2 Å². The van der Waals surface area contributed by atoms with E-state index in [9.17, 15) is 4.79 Å². The first-order chi connectivity index (χ1) is 8.01. The summed E-state index contributed by atoms with van der Waals surface area (Å²) in [7, 11) is 0. The fourth-order valence-electron chi connectivity index (χ4n) is 1.51. The predicted octanol–water partition coefficient (Wildman–Crippen LogP) is 2.86. The van der Waals surface area contributed by atoms with E-state index < -0.39 is 0 Å². The van der Waals surface area contributed by atoms with Gasteiger partial charge in [-0.2, -0.15) is 0 Å². The van der Waals surface area contributed by atoms with Gasteiger partial charge in [-0.25, -0.2) is 0 Å². The third kappa shape index (κ3) is 5.66. The molecule has 0 saturated heterocycles. The fourth-order valence-corrected chi connectivity index (χ4v) is 3.03. The van der Waals surface area contributed by atoms with Gasteiger partial charge in [-0.1, -0.05) is 6.92 Å². The van der Waals surface area contributed by atoms with E-state index in [1.165, 1.54) is 4.88 Å². The van der Waals surface area contributed by atoms with E-state index in [1.54, 1.807) is 11.3 Å². The predicted molar refractivity (Wildman–Crippen MR) is 76.2 cm³/mol. The summed E-state index contributed by atoms with van der Waals surface area (Å²) in [5, 5.41) is 2.91. The first-order valence-electron chi connectivity index (χ1n) is 5.77. The summed E-state index contributed by atoms with van der Waals surface area (Å²) < 4.78 is 1.13. The van der Waals surface area contributed by atoms with Crippen LogP contribution < -0.4 is 5.32 Å². The zero-order chi connectivity index (χ0) is 12.8. The van der Waals surface area contributed by atoms with Gasteiger partial charge < -0.3 is 5.32 Å². The Labute approximate surface area is 115 Å². The average Bonchev–Trinajstić information content (AvgIpc) is 2.61. The Morgan fingerprint density at radius 2 is 2.24 bits per heavy atom. The lowest BCUT2D eigenvalue weighted by atomic mass is 10.3. The smallest absolute Gasteiger partial charge is 0.234 e. The maximum absolute atomic E-state index is 11.7. The Morgan fingerprint density at radius 1 is 1.53 bits per heavy atom. The maximum Gasteiger partial charge on any atom is 0.234 e. The number of halogens is 1. The number of carbonyl (C=O) groups is 1. The topological polar surface area (TPSA) is 32.3 Å². The van der Waals surface area contributed by atoms with Gasteiger partial charge in [0, 0.05) is 17.5 Å². The third-order valence-corrected chi connectivity index (χ3v) is 3.88. The summed E-state index contributed by atoms with van der Waals surface area (Å²) in [4.78, 5) is 15.1. The van der Waals surface area contributed by atoms with Gasteiger partial charge in [0.1, 0.15) is 0 Å². The normalized spacial score (nSPS) is 11.2. The van der Waals surface area contributed by atoms with Gasteiger partial charge in [0.05, 0.1) is 10.3 Å². The molecule has 1 amide bonds. The molecular formula is C12H19BrN2OS. The molecule has 96 valence electrons. The number of hydrogen-bond donors (Lipinski definition) is 1. The molecule has 0 fully saturated rings. The molecule has 0 aliphatic rings. The lowest BCUT2D eigenvalue weighted by Gasteiger charge is -2.19. The number of rotatable bonds is 6. The number of carbonyl (C=O) groups excluding carboxylic acids is 1. The molecule has 3 nitrogen and oxygen atoms in total.